The molecule has 0 saturated heterocycles. The summed E-state index contributed by atoms with van der Waals surface area (Å²) in [6.45, 7) is 0.564. The van der Waals surface area contributed by atoms with E-state index in [2.05, 4.69) is 20.7 Å². The van der Waals surface area contributed by atoms with E-state index in [0.717, 1.165) is 23.1 Å². The number of hydrazone groups is 1. The summed E-state index contributed by atoms with van der Waals surface area (Å²) in [6.07, 6.45) is 4.17. The molecular formula is C15H19N7. The zero-order valence-electron chi connectivity index (χ0n) is 12.2. The highest BCUT2D eigenvalue weighted by Crippen LogP contribution is 2.24. The molecule has 0 amide bonds. The zero-order chi connectivity index (χ0) is 15.1. The summed E-state index contributed by atoms with van der Waals surface area (Å²) in [6, 6.07) is 8.12. The summed E-state index contributed by atoms with van der Waals surface area (Å²) in [5, 5.41) is 13.1. The Bertz CT molecular complexity index is 687. The molecule has 2 heterocycles. The van der Waals surface area contributed by atoms with Crippen molar-refractivity contribution in [3.63, 3.8) is 0 Å². The van der Waals surface area contributed by atoms with Gasteiger partial charge in [-0.1, -0.05) is 6.07 Å². The van der Waals surface area contributed by atoms with Crippen molar-refractivity contribution in [1.82, 2.24) is 10.3 Å². The van der Waals surface area contributed by atoms with E-state index in [1.165, 1.54) is 12.8 Å². The van der Waals surface area contributed by atoms with E-state index in [0.29, 0.717) is 18.3 Å². The summed E-state index contributed by atoms with van der Waals surface area (Å²) in [5.41, 5.74) is 14.5. The van der Waals surface area contributed by atoms with Gasteiger partial charge in [0.15, 0.2) is 11.7 Å². The monoisotopic (exact) mass is 297 g/mol. The fraction of sp³-hybridized carbons (Fsp3) is 0.333. The summed E-state index contributed by atoms with van der Waals surface area (Å²) in [7, 11) is 0. The van der Waals surface area contributed by atoms with Crippen molar-refractivity contribution >= 4 is 23.0 Å². The lowest BCUT2D eigenvalue weighted by molar-refractivity contribution is 0.365. The van der Waals surface area contributed by atoms with Crippen LogP contribution in [0.25, 0.3) is 0 Å². The Morgan fingerprint density at radius 3 is 2.91 bits per heavy atom. The third kappa shape index (κ3) is 2.50. The lowest BCUT2D eigenvalue weighted by atomic mass is 10.2. The standard InChI is InChI=1S/C15H19N7/c16-9-2-1-3-11(6-9)20-14-7-12(19-10-4-5-10)15-18-8-13(17)22(15)21-14/h1-3,6-7,10,13,19H,4-5,8,16-17H2,(H,20,21). The van der Waals surface area contributed by atoms with Crippen LogP contribution in [0.2, 0.25) is 0 Å². The number of amidine groups is 2. The lowest BCUT2D eigenvalue weighted by Gasteiger charge is -2.26. The maximum Gasteiger partial charge on any atom is 0.169 e. The van der Waals surface area contributed by atoms with Crippen molar-refractivity contribution in [1.29, 1.82) is 0 Å². The van der Waals surface area contributed by atoms with Gasteiger partial charge in [-0.2, -0.15) is 5.10 Å². The Hall–Kier alpha value is -2.54. The maximum absolute atomic E-state index is 6.08. The van der Waals surface area contributed by atoms with Crippen LogP contribution in [0.4, 0.5) is 11.4 Å². The second-order valence-corrected chi connectivity index (χ2v) is 5.79. The van der Waals surface area contributed by atoms with Gasteiger partial charge in [-0.25, -0.2) is 5.01 Å². The van der Waals surface area contributed by atoms with Crippen molar-refractivity contribution < 1.29 is 0 Å². The van der Waals surface area contributed by atoms with E-state index < -0.39 is 0 Å². The molecule has 6 N–H and O–H groups in total. The fourth-order valence-electron chi connectivity index (χ4n) is 2.54. The Balaban J connectivity index is 1.61. The van der Waals surface area contributed by atoms with E-state index in [1.54, 1.807) is 5.01 Å². The van der Waals surface area contributed by atoms with Crippen LogP contribution in [0, 0.1) is 0 Å². The van der Waals surface area contributed by atoms with Crippen molar-refractivity contribution in [3.05, 3.63) is 36.0 Å². The van der Waals surface area contributed by atoms with E-state index in [4.69, 9.17) is 11.5 Å². The average Bonchev–Trinajstić information content (AvgIpc) is 3.22. The molecule has 22 heavy (non-hydrogen) atoms. The van der Waals surface area contributed by atoms with Crippen LogP contribution < -0.4 is 22.1 Å². The van der Waals surface area contributed by atoms with Crippen LogP contribution in [-0.4, -0.2) is 35.4 Å². The first kappa shape index (κ1) is 13.1. The number of anilines is 2. The molecule has 1 fully saturated rings. The van der Waals surface area contributed by atoms with Crippen LogP contribution in [-0.2, 0) is 0 Å². The van der Waals surface area contributed by atoms with Gasteiger partial charge in [-0.15, -0.1) is 0 Å². The van der Waals surface area contributed by atoms with E-state index in [9.17, 15) is 0 Å². The number of nitrogens with zero attached hydrogens (tertiary/aromatic N) is 3. The molecule has 3 aliphatic rings. The van der Waals surface area contributed by atoms with E-state index in [1.807, 2.05) is 30.3 Å². The topological polar surface area (TPSA) is 104 Å². The molecule has 0 bridgehead atoms. The second-order valence-electron chi connectivity index (χ2n) is 5.79. The first-order valence-corrected chi connectivity index (χ1v) is 7.48. The molecule has 7 heteroatoms. The van der Waals surface area contributed by atoms with Gasteiger partial charge < -0.3 is 22.1 Å². The third-order valence-electron chi connectivity index (χ3n) is 3.79. The number of rotatable bonds is 3. The Morgan fingerprint density at radius 2 is 2.14 bits per heavy atom. The van der Waals surface area contributed by atoms with Crippen molar-refractivity contribution in [2.75, 3.05) is 17.6 Å². The maximum atomic E-state index is 6.08. The van der Waals surface area contributed by atoms with Gasteiger partial charge in [-0.3, -0.25) is 4.99 Å². The molecule has 1 unspecified atom stereocenters. The molecule has 0 spiro atoms. The minimum Gasteiger partial charge on any atom is -0.399 e. The number of nitrogen functional groups attached to an aromatic ring is 1. The molecule has 1 aliphatic carbocycles. The van der Waals surface area contributed by atoms with Crippen LogP contribution in [0.1, 0.15) is 12.8 Å². The molecule has 1 aromatic rings. The minimum absolute atomic E-state index is 0.211. The fourth-order valence-corrected chi connectivity index (χ4v) is 2.54. The quantitative estimate of drug-likeness (QED) is 0.613. The zero-order valence-corrected chi connectivity index (χ0v) is 12.2. The summed E-state index contributed by atoms with van der Waals surface area (Å²) >= 11 is 0. The number of nitrogens with one attached hydrogen (secondary N) is 2. The number of aliphatic imine (C=N–C) groups is 1. The van der Waals surface area contributed by atoms with Crippen molar-refractivity contribution in [2.45, 2.75) is 25.0 Å². The first-order valence-electron chi connectivity index (χ1n) is 7.48. The van der Waals surface area contributed by atoms with Crippen LogP contribution in [0.3, 0.4) is 0 Å². The Morgan fingerprint density at radius 1 is 1.27 bits per heavy atom. The molecule has 2 aliphatic heterocycles. The second kappa shape index (κ2) is 5.03. The van der Waals surface area contributed by atoms with Gasteiger partial charge in [-0.05, 0) is 31.0 Å². The molecule has 0 aromatic heterocycles. The highest BCUT2D eigenvalue weighted by Gasteiger charge is 2.33. The molecular weight excluding hydrogens is 278 g/mol. The van der Waals surface area contributed by atoms with E-state index >= 15 is 0 Å². The minimum atomic E-state index is -0.211. The molecule has 4 rings (SSSR count). The van der Waals surface area contributed by atoms with Crippen LogP contribution in [0.5, 0.6) is 0 Å². The largest absolute Gasteiger partial charge is 0.399 e. The molecule has 1 aromatic carbocycles. The highest BCUT2D eigenvalue weighted by atomic mass is 15.6. The summed E-state index contributed by atoms with van der Waals surface area (Å²) in [5.74, 6) is 1.56. The van der Waals surface area contributed by atoms with E-state index in [-0.39, 0.29) is 6.17 Å². The molecule has 114 valence electrons. The lowest BCUT2D eigenvalue weighted by Crippen LogP contribution is -2.45. The first-order chi connectivity index (χ1) is 10.7. The molecule has 1 atom stereocenters. The SMILES string of the molecule is Nc1cccc(NC2=NN3C(=NCC3N)C(NC3CC3)=C2)c1. The number of hydrogen-bond donors (Lipinski definition) is 4. The van der Waals surface area contributed by atoms with Gasteiger partial charge in [0.05, 0.1) is 12.2 Å². The normalized spacial score (nSPS) is 23.4. The predicted molar refractivity (Wildman–Crippen MR) is 88.3 cm³/mol. The molecule has 7 nitrogen and oxygen atoms in total. The van der Waals surface area contributed by atoms with Gasteiger partial charge in [0, 0.05) is 23.5 Å². The highest BCUT2D eigenvalue weighted by molar-refractivity contribution is 6.13. The summed E-state index contributed by atoms with van der Waals surface area (Å²) in [4.78, 5) is 4.49. The Kier molecular flexibility index (Phi) is 3.00. The van der Waals surface area contributed by atoms with Gasteiger partial charge >= 0.3 is 0 Å². The third-order valence-corrected chi connectivity index (χ3v) is 3.79. The average molecular weight is 297 g/mol. The number of benzene rings is 1. The van der Waals surface area contributed by atoms with Crippen LogP contribution in [0.15, 0.2) is 46.1 Å². The molecule has 1 saturated carbocycles. The van der Waals surface area contributed by atoms with Gasteiger partial charge in [0.1, 0.15) is 6.17 Å². The van der Waals surface area contributed by atoms with Gasteiger partial charge in [0.25, 0.3) is 0 Å². The predicted octanol–water partition coefficient (Wildman–Crippen LogP) is 0.643. The summed E-state index contributed by atoms with van der Waals surface area (Å²) < 4.78 is 0. The van der Waals surface area contributed by atoms with Gasteiger partial charge in [0.2, 0.25) is 0 Å². The molecule has 0 radical (unpaired) electrons. The smallest absolute Gasteiger partial charge is 0.169 e. The van der Waals surface area contributed by atoms with Crippen molar-refractivity contribution in [3.8, 4) is 0 Å². The number of fused-ring (bicyclic) bond motifs is 1. The van der Waals surface area contributed by atoms with Crippen molar-refractivity contribution in [2.24, 2.45) is 15.8 Å². The number of nitrogens with two attached hydrogens (primary N) is 2. The Labute approximate surface area is 128 Å². The van der Waals surface area contributed by atoms with Crippen LogP contribution >= 0.6 is 0 Å². The number of hydrogen-bond acceptors (Lipinski definition) is 7.